The van der Waals surface area contributed by atoms with Crippen molar-refractivity contribution in [1.82, 2.24) is 9.88 Å². The molecule has 0 aliphatic carbocycles. The summed E-state index contributed by atoms with van der Waals surface area (Å²) in [5, 5.41) is 3.13. The SMILES string of the molecule is CCCCN(Cc1cccnc1)C(=O)c1cccc(-c2ccc(NC)cc2)c1.Cl.Cl. The van der Waals surface area contributed by atoms with Crippen LogP contribution in [0.25, 0.3) is 11.1 Å². The highest BCUT2D eigenvalue weighted by Crippen LogP contribution is 2.23. The first-order chi connectivity index (χ1) is 13.7. The number of amides is 1. The largest absolute Gasteiger partial charge is 0.388 e. The Morgan fingerprint density at radius 1 is 1.00 bits per heavy atom. The number of carbonyl (C=O) groups excluding carboxylic acids is 1. The van der Waals surface area contributed by atoms with Crippen LogP contribution in [0.5, 0.6) is 0 Å². The molecule has 1 amide bonds. The third kappa shape index (κ3) is 6.75. The molecule has 30 heavy (non-hydrogen) atoms. The van der Waals surface area contributed by atoms with E-state index >= 15 is 0 Å². The molecule has 2 aromatic carbocycles. The summed E-state index contributed by atoms with van der Waals surface area (Å²) in [6.45, 7) is 3.46. The Morgan fingerprint density at radius 3 is 2.40 bits per heavy atom. The molecule has 0 bridgehead atoms. The van der Waals surface area contributed by atoms with Crippen LogP contribution in [0.4, 0.5) is 5.69 Å². The van der Waals surface area contributed by atoms with Crippen molar-refractivity contribution in [2.75, 3.05) is 18.9 Å². The van der Waals surface area contributed by atoms with E-state index in [9.17, 15) is 4.79 Å². The molecule has 6 heteroatoms. The lowest BCUT2D eigenvalue weighted by atomic mass is 10.0. The third-order valence-electron chi connectivity index (χ3n) is 4.78. The first kappa shape index (κ1) is 25.5. The average molecular weight is 446 g/mol. The van der Waals surface area contributed by atoms with Gasteiger partial charge in [-0.2, -0.15) is 0 Å². The van der Waals surface area contributed by atoms with Gasteiger partial charge in [0.25, 0.3) is 5.91 Å². The Labute approximate surface area is 191 Å². The number of benzene rings is 2. The lowest BCUT2D eigenvalue weighted by Gasteiger charge is -2.23. The second-order valence-corrected chi connectivity index (χ2v) is 6.85. The number of halogens is 2. The number of hydrogen-bond acceptors (Lipinski definition) is 3. The lowest BCUT2D eigenvalue weighted by Crippen LogP contribution is -2.31. The molecule has 0 aliphatic heterocycles. The second-order valence-electron chi connectivity index (χ2n) is 6.85. The van der Waals surface area contributed by atoms with Gasteiger partial charge in [-0.15, -0.1) is 24.8 Å². The highest BCUT2D eigenvalue weighted by Gasteiger charge is 2.16. The molecule has 0 saturated carbocycles. The van der Waals surface area contributed by atoms with E-state index in [1.165, 1.54) is 0 Å². The van der Waals surface area contributed by atoms with Gasteiger partial charge in [0.05, 0.1) is 0 Å². The Morgan fingerprint density at radius 2 is 1.77 bits per heavy atom. The van der Waals surface area contributed by atoms with Crippen LogP contribution in [0.15, 0.2) is 73.1 Å². The van der Waals surface area contributed by atoms with Crippen LogP contribution in [0, 0.1) is 0 Å². The molecular formula is C24H29Cl2N3O. The minimum Gasteiger partial charge on any atom is -0.388 e. The molecular weight excluding hydrogens is 417 g/mol. The summed E-state index contributed by atoms with van der Waals surface area (Å²) >= 11 is 0. The molecule has 0 atom stereocenters. The molecule has 0 radical (unpaired) electrons. The van der Waals surface area contributed by atoms with E-state index in [-0.39, 0.29) is 30.7 Å². The van der Waals surface area contributed by atoms with Crippen molar-refractivity contribution < 1.29 is 4.79 Å². The first-order valence-electron chi connectivity index (χ1n) is 9.77. The molecule has 0 fully saturated rings. The number of anilines is 1. The van der Waals surface area contributed by atoms with E-state index < -0.39 is 0 Å². The van der Waals surface area contributed by atoms with Gasteiger partial charge in [0.1, 0.15) is 0 Å². The van der Waals surface area contributed by atoms with Crippen molar-refractivity contribution in [2.24, 2.45) is 0 Å². The molecule has 3 rings (SSSR count). The van der Waals surface area contributed by atoms with Crippen LogP contribution in [0.2, 0.25) is 0 Å². The van der Waals surface area contributed by atoms with Crippen molar-refractivity contribution in [3.8, 4) is 11.1 Å². The standard InChI is InChI=1S/C24H27N3O.2ClH/c1-3-4-15-27(18-19-7-6-14-26-17-19)24(28)22-9-5-8-21(16-22)20-10-12-23(25-2)13-11-20;;/h5-14,16-17,25H,3-4,15,18H2,1-2H3;2*1H. The van der Waals surface area contributed by atoms with Crippen LogP contribution in [-0.2, 0) is 6.54 Å². The summed E-state index contributed by atoms with van der Waals surface area (Å²) in [5.74, 6) is 0.0611. The van der Waals surface area contributed by atoms with Crippen molar-refractivity contribution in [2.45, 2.75) is 26.3 Å². The Balaban J connectivity index is 0.00000225. The van der Waals surface area contributed by atoms with Crippen LogP contribution in [0.1, 0.15) is 35.7 Å². The highest BCUT2D eigenvalue weighted by atomic mass is 35.5. The van der Waals surface area contributed by atoms with E-state index in [0.717, 1.165) is 47.3 Å². The molecule has 3 aromatic rings. The molecule has 1 aromatic heterocycles. The van der Waals surface area contributed by atoms with E-state index in [4.69, 9.17) is 0 Å². The summed E-state index contributed by atoms with van der Waals surface area (Å²) < 4.78 is 0. The average Bonchev–Trinajstić information content (AvgIpc) is 2.77. The number of carbonyl (C=O) groups is 1. The smallest absolute Gasteiger partial charge is 0.254 e. The summed E-state index contributed by atoms with van der Waals surface area (Å²) in [4.78, 5) is 19.3. The third-order valence-corrected chi connectivity index (χ3v) is 4.78. The number of rotatable bonds is 8. The van der Waals surface area contributed by atoms with Gasteiger partial charge in [-0.3, -0.25) is 9.78 Å². The monoisotopic (exact) mass is 445 g/mol. The van der Waals surface area contributed by atoms with Crippen LogP contribution < -0.4 is 5.32 Å². The molecule has 1 N–H and O–H groups in total. The Bertz CT molecular complexity index is 902. The van der Waals surface area contributed by atoms with Gasteiger partial charge in [-0.1, -0.05) is 43.7 Å². The zero-order chi connectivity index (χ0) is 19.8. The van der Waals surface area contributed by atoms with Gasteiger partial charge in [0.2, 0.25) is 0 Å². The predicted octanol–water partition coefficient (Wildman–Crippen LogP) is 6.08. The minimum absolute atomic E-state index is 0. The van der Waals surface area contributed by atoms with Crippen molar-refractivity contribution in [3.05, 3.63) is 84.2 Å². The second kappa shape index (κ2) is 12.9. The maximum absolute atomic E-state index is 13.2. The lowest BCUT2D eigenvalue weighted by molar-refractivity contribution is 0.0740. The van der Waals surface area contributed by atoms with Crippen molar-refractivity contribution in [3.63, 3.8) is 0 Å². The van der Waals surface area contributed by atoms with Crippen LogP contribution in [0.3, 0.4) is 0 Å². The summed E-state index contributed by atoms with van der Waals surface area (Å²) in [6.07, 6.45) is 5.61. The summed E-state index contributed by atoms with van der Waals surface area (Å²) in [6, 6.07) is 20.0. The Hall–Kier alpha value is -2.56. The van der Waals surface area contributed by atoms with E-state index in [0.29, 0.717) is 6.54 Å². The fourth-order valence-corrected chi connectivity index (χ4v) is 3.16. The van der Waals surface area contributed by atoms with Crippen molar-refractivity contribution in [1.29, 1.82) is 0 Å². The minimum atomic E-state index is 0. The van der Waals surface area contributed by atoms with Crippen LogP contribution >= 0.6 is 24.8 Å². The Kier molecular flexibility index (Phi) is 10.9. The van der Waals surface area contributed by atoms with Crippen LogP contribution in [-0.4, -0.2) is 29.4 Å². The van der Waals surface area contributed by atoms with Gasteiger partial charge in [0, 0.05) is 43.8 Å². The number of nitrogens with one attached hydrogen (secondary N) is 1. The number of pyridine rings is 1. The first-order valence-corrected chi connectivity index (χ1v) is 9.77. The molecule has 160 valence electrons. The molecule has 0 saturated heterocycles. The zero-order valence-corrected chi connectivity index (χ0v) is 19.0. The zero-order valence-electron chi connectivity index (χ0n) is 17.4. The fraction of sp³-hybridized carbons (Fsp3) is 0.250. The maximum Gasteiger partial charge on any atom is 0.254 e. The quantitative estimate of drug-likeness (QED) is 0.456. The van der Waals surface area contributed by atoms with Gasteiger partial charge >= 0.3 is 0 Å². The van der Waals surface area contributed by atoms with Gasteiger partial charge in [-0.05, 0) is 53.4 Å². The number of nitrogens with zero attached hydrogens (tertiary/aromatic N) is 2. The molecule has 1 heterocycles. The highest BCUT2D eigenvalue weighted by molar-refractivity contribution is 5.95. The molecule has 0 aliphatic rings. The molecule has 4 nitrogen and oxygen atoms in total. The predicted molar refractivity (Wildman–Crippen MR) is 130 cm³/mol. The number of hydrogen-bond donors (Lipinski definition) is 1. The maximum atomic E-state index is 13.2. The van der Waals surface area contributed by atoms with E-state index in [1.54, 1.807) is 6.20 Å². The molecule has 0 unspecified atom stereocenters. The topological polar surface area (TPSA) is 45.2 Å². The molecule has 0 spiro atoms. The number of unbranched alkanes of at least 4 members (excludes halogenated alkanes) is 1. The van der Waals surface area contributed by atoms with Gasteiger partial charge in [-0.25, -0.2) is 0 Å². The summed E-state index contributed by atoms with van der Waals surface area (Å²) in [7, 11) is 1.90. The summed E-state index contributed by atoms with van der Waals surface area (Å²) in [5.41, 5.74) is 4.98. The normalized spacial score (nSPS) is 9.80. The van der Waals surface area contributed by atoms with Gasteiger partial charge < -0.3 is 10.2 Å². The van der Waals surface area contributed by atoms with E-state index in [2.05, 4.69) is 29.4 Å². The van der Waals surface area contributed by atoms with Crippen molar-refractivity contribution >= 4 is 36.4 Å². The fourth-order valence-electron chi connectivity index (χ4n) is 3.16. The van der Waals surface area contributed by atoms with E-state index in [1.807, 2.05) is 66.7 Å². The van der Waals surface area contributed by atoms with Gasteiger partial charge in [0.15, 0.2) is 0 Å². The number of aromatic nitrogens is 1.